The molecule has 0 bridgehead atoms. The number of ether oxygens (including phenoxy) is 8. The van der Waals surface area contributed by atoms with Gasteiger partial charge >= 0.3 is 47.8 Å². The average molecular weight is 1740 g/mol. The van der Waals surface area contributed by atoms with Crippen LogP contribution in [-0.4, -0.2) is 231 Å². The van der Waals surface area contributed by atoms with Gasteiger partial charge in [-0.25, -0.2) is 9.59 Å². The Balaban J connectivity index is 1.24. The van der Waals surface area contributed by atoms with Crippen molar-refractivity contribution in [2.45, 2.75) is 476 Å². The van der Waals surface area contributed by atoms with Crippen LogP contribution in [0.5, 0.6) is 0 Å². The standard InChI is InChI=1S/C94H158N6O23/c1-28-31-39-92(74(104)118-65-50-80(4,5)95(110)81(6,7)51-65,75(105)119-66-52-82(8,9)96(111)83(10,11)53-66)42-35-34-38-71(101)62-47-63(72(102)116-45-36-43-93(40-32-29-2,76(106)120-67-54-84(12,13)97(112)85(14,15)55-67)77(107)121-68-56-86(16,17)98(113)87(18,19)57-68)49-64(48-62)73(103)117-46-37-44-94(41-33-30-3,78(108)122-69-58-88(20,21)99(114)89(22,23)59-69)79(109)123-70-60-90(24,25)100(115)91(26,27)61-70/h47-49,65-70,110-115H,28-46,50-61H2,1-27H3. The second-order valence-corrected chi connectivity index (χ2v) is 44.7. The largest absolute Gasteiger partial charge is 0.462 e. The third-order valence-corrected chi connectivity index (χ3v) is 27.4. The zero-order chi connectivity index (χ0) is 93.1. The normalized spacial score (nSPS) is 23.4. The fourth-order valence-electron chi connectivity index (χ4n) is 21.6. The number of ketones is 1. The average Bonchev–Trinajstić information content (AvgIpc) is 0.764. The van der Waals surface area contributed by atoms with Gasteiger partial charge in [-0.15, -0.1) is 0 Å². The minimum Gasteiger partial charge on any atom is -0.462 e. The first-order valence-electron chi connectivity index (χ1n) is 45.6. The maximum absolute atomic E-state index is 15.3. The summed E-state index contributed by atoms with van der Waals surface area (Å²) < 4.78 is 50.7. The monoisotopic (exact) mass is 1740 g/mol. The van der Waals surface area contributed by atoms with E-state index in [2.05, 4.69) is 0 Å². The summed E-state index contributed by atoms with van der Waals surface area (Å²) in [4.78, 5) is 137. The highest BCUT2D eigenvalue weighted by molar-refractivity contribution is 6.04. The lowest BCUT2D eigenvalue weighted by molar-refractivity contribution is -0.263. The number of carbonyl (C=O) groups is 9. The van der Waals surface area contributed by atoms with Crippen LogP contribution in [0, 0.1) is 16.2 Å². The van der Waals surface area contributed by atoms with Crippen LogP contribution in [0.2, 0.25) is 0 Å². The van der Waals surface area contributed by atoms with Crippen molar-refractivity contribution in [3.63, 3.8) is 0 Å². The van der Waals surface area contributed by atoms with Gasteiger partial charge in [-0.3, -0.25) is 33.6 Å². The molecule has 0 aromatic heterocycles. The summed E-state index contributed by atoms with van der Waals surface area (Å²) in [5.41, 5.74) is -16.4. The third kappa shape index (κ3) is 24.4. The number of carbonyl (C=O) groups excluding carboxylic acids is 9. The van der Waals surface area contributed by atoms with E-state index in [-0.39, 0.29) is 164 Å². The van der Waals surface area contributed by atoms with Gasteiger partial charge in [-0.1, -0.05) is 65.7 Å². The molecule has 7 rings (SSSR count). The highest BCUT2D eigenvalue weighted by atomic mass is 16.6. The van der Waals surface area contributed by atoms with E-state index in [9.17, 15) is 40.8 Å². The second-order valence-electron chi connectivity index (χ2n) is 44.7. The highest BCUT2D eigenvalue weighted by Gasteiger charge is 2.59. The van der Waals surface area contributed by atoms with Gasteiger partial charge < -0.3 is 69.1 Å². The fraction of sp³-hybridized carbons (Fsp3) is 0.840. The predicted molar refractivity (Wildman–Crippen MR) is 460 cm³/mol. The Bertz CT molecular complexity index is 3200. The number of hydrogen-bond acceptors (Lipinski definition) is 29. The van der Waals surface area contributed by atoms with E-state index < -0.39 is 186 Å². The summed E-state index contributed by atoms with van der Waals surface area (Å²) in [5, 5.41) is 75.2. The number of rotatable bonds is 37. The minimum atomic E-state index is -1.94. The number of unbranched alkanes of at least 4 members (excludes halogenated alkanes) is 4. The molecule has 29 heteroatoms. The zero-order valence-electron chi connectivity index (χ0n) is 79.9. The Labute approximate surface area is 733 Å². The molecule has 6 saturated heterocycles. The Kier molecular flexibility index (Phi) is 33.2. The van der Waals surface area contributed by atoms with Crippen molar-refractivity contribution in [1.82, 2.24) is 30.4 Å². The summed E-state index contributed by atoms with van der Waals surface area (Å²) in [6, 6.07) is 3.77. The maximum atomic E-state index is 15.3. The molecule has 1 aromatic rings. The third-order valence-electron chi connectivity index (χ3n) is 27.4. The Hall–Kier alpha value is -5.83. The molecular formula is C94H158N6O23. The van der Waals surface area contributed by atoms with Crippen LogP contribution in [-0.2, 0) is 66.7 Å². The molecule has 1 aromatic carbocycles. The number of benzene rings is 1. The van der Waals surface area contributed by atoms with Crippen molar-refractivity contribution in [2.75, 3.05) is 13.2 Å². The summed E-state index contributed by atoms with van der Waals surface area (Å²) in [5.74, 6) is -7.46. The molecular weight excluding hydrogens is 1580 g/mol. The number of hydroxylamine groups is 12. The van der Waals surface area contributed by atoms with Crippen molar-refractivity contribution < 1.29 is 112 Å². The van der Waals surface area contributed by atoms with Gasteiger partial charge in [0.25, 0.3) is 0 Å². The summed E-state index contributed by atoms with van der Waals surface area (Å²) in [7, 11) is 0. The van der Waals surface area contributed by atoms with Crippen LogP contribution in [0.15, 0.2) is 18.2 Å². The molecule has 6 N–H and O–H groups in total. The van der Waals surface area contributed by atoms with Crippen molar-refractivity contribution >= 4 is 53.5 Å². The van der Waals surface area contributed by atoms with E-state index in [4.69, 9.17) is 37.9 Å². The molecule has 0 radical (unpaired) electrons. The topological polar surface area (TPSA) is 368 Å². The number of esters is 8. The smallest absolute Gasteiger partial charge is 0.338 e. The van der Waals surface area contributed by atoms with Crippen LogP contribution < -0.4 is 0 Å². The van der Waals surface area contributed by atoms with E-state index in [0.29, 0.717) is 38.5 Å². The van der Waals surface area contributed by atoms with Gasteiger partial charge in [0.05, 0.1) is 24.3 Å². The molecule has 702 valence electrons. The lowest BCUT2D eigenvalue weighted by atomic mass is 9.76. The molecule has 6 heterocycles. The molecule has 0 saturated carbocycles. The van der Waals surface area contributed by atoms with Crippen LogP contribution >= 0.6 is 0 Å². The molecule has 0 amide bonds. The minimum absolute atomic E-state index is 0.00288. The van der Waals surface area contributed by atoms with E-state index in [0.717, 1.165) is 0 Å². The van der Waals surface area contributed by atoms with Crippen LogP contribution in [0.25, 0.3) is 0 Å². The highest BCUT2D eigenvalue weighted by Crippen LogP contribution is 2.49. The van der Waals surface area contributed by atoms with E-state index in [1.165, 1.54) is 48.6 Å². The fourth-order valence-corrected chi connectivity index (χ4v) is 21.6. The number of Topliss-reactive ketones (excluding diaryl/α,β-unsaturated/α-hetero) is 1. The first kappa shape index (κ1) is 104. The molecule has 6 fully saturated rings. The van der Waals surface area contributed by atoms with E-state index in [1.54, 1.807) is 0 Å². The maximum Gasteiger partial charge on any atom is 0.338 e. The lowest BCUT2D eigenvalue weighted by Crippen LogP contribution is -2.61. The first-order valence-corrected chi connectivity index (χ1v) is 45.6. The number of hydrogen-bond donors (Lipinski definition) is 6. The Morgan fingerprint density at radius 2 is 0.447 bits per heavy atom. The molecule has 6 aliphatic rings. The van der Waals surface area contributed by atoms with Gasteiger partial charge in [0.2, 0.25) is 0 Å². The van der Waals surface area contributed by atoms with Crippen molar-refractivity contribution in [3.8, 4) is 0 Å². The van der Waals surface area contributed by atoms with Gasteiger partial charge in [-0.2, -0.15) is 30.4 Å². The lowest BCUT2D eigenvalue weighted by Gasteiger charge is -2.51. The van der Waals surface area contributed by atoms with E-state index in [1.807, 2.05) is 187 Å². The van der Waals surface area contributed by atoms with Crippen LogP contribution in [0.4, 0.5) is 0 Å². The molecule has 0 spiro atoms. The molecule has 123 heavy (non-hydrogen) atoms. The van der Waals surface area contributed by atoms with Crippen molar-refractivity contribution in [1.29, 1.82) is 0 Å². The van der Waals surface area contributed by atoms with Gasteiger partial charge in [0.1, 0.15) is 36.6 Å². The van der Waals surface area contributed by atoms with E-state index >= 15 is 33.6 Å². The molecule has 0 aliphatic carbocycles. The van der Waals surface area contributed by atoms with Crippen molar-refractivity contribution in [2.24, 2.45) is 16.2 Å². The quantitative estimate of drug-likeness (QED) is 0.0118. The second kappa shape index (κ2) is 39.2. The summed E-state index contributed by atoms with van der Waals surface area (Å²) in [6.07, 6.45) is 0.565. The molecule has 0 unspecified atom stereocenters. The molecule has 0 atom stereocenters. The van der Waals surface area contributed by atoms with Gasteiger partial charge in [-0.05, 0) is 242 Å². The number of piperidine rings is 6. The van der Waals surface area contributed by atoms with Crippen LogP contribution in [0.3, 0.4) is 0 Å². The number of nitrogens with zero attached hydrogens (tertiary/aromatic N) is 6. The van der Waals surface area contributed by atoms with Gasteiger partial charge in [0, 0.05) is 156 Å². The van der Waals surface area contributed by atoms with Crippen molar-refractivity contribution in [3.05, 3.63) is 34.9 Å². The summed E-state index contributed by atoms with van der Waals surface area (Å²) >= 11 is 0. The summed E-state index contributed by atoms with van der Waals surface area (Å²) in [6.45, 7) is 49.0. The molecule has 29 nitrogen and oxygen atoms in total. The van der Waals surface area contributed by atoms with Crippen LogP contribution in [0.1, 0.15) is 404 Å². The molecule has 6 aliphatic heterocycles. The first-order chi connectivity index (χ1) is 56.3. The SMILES string of the molecule is CCCCC(CCCCC(=O)c1cc(C(=O)OCCCC(CCCC)(C(=O)OC2CC(C)(C)N(O)C(C)(C)C2)C(=O)OC2CC(C)(C)N(O)C(C)(C)C2)cc(C(=O)OCCCC(CCCC)(C(=O)OC2CC(C)(C)N(O)C(C)(C)C2)C(=O)OC2CC(C)(C)N(O)C(C)(C)C2)c1)(C(=O)OC1CC(C)(C)N(O)C(C)(C)C1)C(=O)OC1CC(C)(C)N(O)C(C)(C)C1. The Morgan fingerprint density at radius 3 is 0.634 bits per heavy atom. The zero-order valence-corrected chi connectivity index (χ0v) is 79.9. The predicted octanol–water partition coefficient (Wildman–Crippen LogP) is 17.6. The van der Waals surface area contributed by atoms with Gasteiger partial charge in [0.15, 0.2) is 22.0 Å². The Morgan fingerprint density at radius 1 is 0.276 bits per heavy atom.